The molecular weight excluding hydrogens is 216 g/mol. The highest BCUT2D eigenvalue weighted by molar-refractivity contribution is 5.85. The van der Waals surface area contributed by atoms with E-state index in [-0.39, 0.29) is 5.91 Å². The maximum absolute atomic E-state index is 12.4. The van der Waals surface area contributed by atoms with E-state index < -0.39 is 5.60 Å². The summed E-state index contributed by atoms with van der Waals surface area (Å²) >= 11 is 0. The maximum atomic E-state index is 12.4. The molecule has 2 aliphatic heterocycles. The number of nitrogens with zero attached hydrogens (tertiary/aromatic N) is 1. The second-order valence-corrected chi connectivity index (χ2v) is 5.46. The maximum Gasteiger partial charge on any atom is 0.254 e. The number of rotatable bonds is 3. The molecule has 1 N–H and O–H groups in total. The lowest BCUT2D eigenvalue weighted by Gasteiger charge is -2.30. The Balaban J connectivity index is 2.02. The number of amides is 1. The van der Waals surface area contributed by atoms with Gasteiger partial charge in [-0.05, 0) is 38.6 Å². The third-order valence-electron chi connectivity index (χ3n) is 4.46. The first-order valence-corrected chi connectivity index (χ1v) is 6.68. The molecule has 1 unspecified atom stereocenters. The van der Waals surface area contributed by atoms with Crippen LogP contribution in [0, 0.1) is 5.92 Å². The highest BCUT2D eigenvalue weighted by atomic mass is 16.5. The van der Waals surface area contributed by atoms with E-state index in [0.29, 0.717) is 12.0 Å². The van der Waals surface area contributed by atoms with Gasteiger partial charge in [-0.1, -0.05) is 6.92 Å². The molecule has 2 fully saturated rings. The Labute approximate surface area is 104 Å². The van der Waals surface area contributed by atoms with E-state index in [4.69, 9.17) is 4.74 Å². The second-order valence-electron chi connectivity index (χ2n) is 5.46. The smallest absolute Gasteiger partial charge is 0.254 e. The monoisotopic (exact) mass is 240 g/mol. The van der Waals surface area contributed by atoms with Crippen molar-refractivity contribution < 1.29 is 9.53 Å². The summed E-state index contributed by atoms with van der Waals surface area (Å²) in [5.41, 5.74) is -0.645. The number of piperidine rings is 1. The van der Waals surface area contributed by atoms with Crippen LogP contribution in [-0.4, -0.2) is 49.2 Å². The van der Waals surface area contributed by atoms with Gasteiger partial charge in [-0.15, -0.1) is 0 Å². The zero-order chi connectivity index (χ0) is 12.5. The SMILES string of the molecule is CCC(C)(OC)C(=O)N1C[C@@H]2CCCN[C@@H]2C1. The molecule has 4 heteroatoms. The Hall–Kier alpha value is -0.610. The van der Waals surface area contributed by atoms with Crippen LogP contribution >= 0.6 is 0 Å². The molecule has 0 aliphatic carbocycles. The average Bonchev–Trinajstić information content (AvgIpc) is 2.80. The predicted molar refractivity (Wildman–Crippen MR) is 66.8 cm³/mol. The highest BCUT2D eigenvalue weighted by Gasteiger charge is 2.42. The fraction of sp³-hybridized carbons (Fsp3) is 0.923. The summed E-state index contributed by atoms with van der Waals surface area (Å²) < 4.78 is 5.40. The standard InChI is InChI=1S/C13H24N2O2/c1-4-13(2,17-3)12(16)15-8-10-6-5-7-14-11(10)9-15/h10-11,14H,4-9H2,1-3H3/t10-,11+,13?/m0/s1. The van der Waals surface area contributed by atoms with E-state index in [2.05, 4.69) is 5.32 Å². The van der Waals surface area contributed by atoms with Crippen LogP contribution in [0.25, 0.3) is 0 Å². The number of nitrogens with one attached hydrogen (secondary N) is 1. The van der Waals surface area contributed by atoms with Crippen molar-refractivity contribution in [1.29, 1.82) is 0 Å². The van der Waals surface area contributed by atoms with Crippen molar-refractivity contribution in [2.24, 2.45) is 5.92 Å². The molecule has 2 saturated heterocycles. The number of carbonyl (C=O) groups excluding carboxylic acids is 1. The van der Waals surface area contributed by atoms with Crippen molar-refractivity contribution in [2.75, 3.05) is 26.7 Å². The minimum atomic E-state index is -0.645. The molecule has 0 radical (unpaired) electrons. The molecule has 17 heavy (non-hydrogen) atoms. The molecule has 0 spiro atoms. The summed E-state index contributed by atoms with van der Waals surface area (Å²) in [6, 6.07) is 0.505. The summed E-state index contributed by atoms with van der Waals surface area (Å²) in [4.78, 5) is 14.4. The van der Waals surface area contributed by atoms with Gasteiger partial charge in [0.1, 0.15) is 5.60 Å². The lowest BCUT2D eigenvalue weighted by atomic mass is 9.94. The predicted octanol–water partition coefficient (Wildman–Crippen LogP) is 1.01. The van der Waals surface area contributed by atoms with Gasteiger partial charge in [0.25, 0.3) is 5.91 Å². The summed E-state index contributed by atoms with van der Waals surface area (Å²) in [6.07, 6.45) is 3.21. The van der Waals surface area contributed by atoms with Crippen LogP contribution in [-0.2, 0) is 9.53 Å². The molecule has 98 valence electrons. The Morgan fingerprint density at radius 1 is 1.53 bits per heavy atom. The molecule has 0 aromatic heterocycles. The molecule has 0 aromatic rings. The van der Waals surface area contributed by atoms with Crippen molar-refractivity contribution in [1.82, 2.24) is 10.2 Å². The van der Waals surface area contributed by atoms with Crippen LogP contribution in [0.4, 0.5) is 0 Å². The fourth-order valence-electron chi connectivity index (χ4n) is 2.93. The minimum absolute atomic E-state index is 0.152. The van der Waals surface area contributed by atoms with Crippen LogP contribution in [0.1, 0.15) is 33.1 Å². The summed E-state index contributed by atoms with van der Waals surface area (Å²) in [5.74, 6) is 0.796. The van der Waals surface area contributed by atoms with Crippen molar-refractivity contribution in [3.8, 4) is 0 Å². The number of hydrogen-bond acceptors (Lipinski definition) is 3. The Morgan fingerprint density at radius 2 is 2.29 bits per heavy atom. The van der Waals surface area contributed by atoms with E-state index in [1.54, 1.807) is 7.11 Å². The Morgan fingerprint density at radius 3 is 2.88 bits per heavy atom. The normalized spacial score (nSPS) is 32.1. The van der Waals surface area contributed by atoms with E-state index in [1.165, 1.54) is 12.8 Å². The highest BCUT2D eigenvalue weighted by Crippen LogP contribution is 2.28. The van der Waals surface area contributed by atoms with Crippen LogP contribution < -0.4 is 5.32 Å². The lowest BCUT2D eigenvalue weighted by molar-refractivity contribution is -0.152. The third-order valence-corrected chi connectivity index (χ3v) is 4.46. The van der Waals surface area contributed by atoms with Gasteiger partial charge in [-0.2, -0.15) is 0 Å². The Bertz CT molecular complexity index is 275. The largest absolute Gasteiger partial charge is 0.369 e. The van der Waals surface area contributed by atoms with Crippen LogP contribution in [0.5, 0.6) is 0 Å². The molecule has 0 aromatic carbocycles. The summed E-state index contributed by atoms with van der Waals surface area (Å²) in [5, 5.41) is 3.52. The molecule has 0 bridgehead atoms. The molecule has 0 saturated carbocycles. The quantitative estimate of drug-likeness (QED) is 0.800. The molecule has 2 heterocycles. The van der Waals surface area contributed by atoms with Crippen LogP contribution in [0.15, 0.2) is 0 Å². The topological polar surface area (TPSA) is 41.6 Å². The number of carbonyl (C=O) groups is 1. The molecule has 4 nitrogen and oxygen atoms in total. The van der Waals surface area contributed by atoms with E-state index >= 15 is 0 Å². The van der Waals surface area contributed by atoms with Gasteiger partial charge in [-0.3, -0.25) is 4.79 Å². The van der Waals surface area contributed by atoms with E-state index in [1.807, 2.05) is 18.7 Å². The molecule has 3 atom stereocenters. The van der Waals surface area contributed by atoms with Gasteiger partial charge in [0.2, 0.25) is 0 Å². The molecule has 1 amide bonds. The fourth-order valence-corrected chi connectivity index (χ4v) is 2.93. The number of ether oxygens (including phenoxy) is 1. The number of likely N-dealkylation sites (tertiary alicyclic amines) is 1. The average molecular weight is 240 g/mol. The number of hydrogen-bond donors (Lipinski definition) is 1. The Kier molecular flexibility index (Phi) is 3.73. The zero-order valence-electron chi connectivity index (χ0n) is 11.2. The minimum Gasteiger partial charge on any atom is -0.369 e. The first kappa shape index (κ1) is 12.8. The van der Waals surface area contributed by atoms with Gasteiger partial charge < -0.3 is 15.0 Å². The molecular formula is C13H24N2O2. The van der Waals surface area contributed by atoms with Crippen LogP contribution in [0.2, 0.25) is 0 Å². The third kappa shape index (κ3) is 2.33. The molecule has 2 rings (SSSR count). The first-order valence-electron chi connectivity index (χ1n) is 6.68. The lowest BCUT2D eigenvalue weighted by Crippen LogP contribution is -2.48. The summed E-state index contributed by atoms with van der Waals surface area (Å²) in [6.45, 7) is 6.74. The first-order chi connectivity index (χ1) is 8.10. The van der Waals surface area contributed by atoms with Crippen molar-refractivity contribution >= 4 is 5.91 Å². The van der Waals surface area contributed by atoms with Gasteiger partial charge in [-0.25, -0.2) is 0 Å². The van der Waals surface area contributed by atoms with E-state index in [9.17, 15) is 4.79 Å². The van der Waals surface area contributed by atoms with Crippen LogP contribution in [0.3, 0.4) is 0 Å². The number of fused-ring (bicyclic) bond motifs is 1. The zero-order valence-corrected chi connectivity index (χ0v) is 11.2. The van der Waals surface area contributed by atoms with Gasteiger partial charge in [0, 0.05) is 26.2 Å². The summed E-state index contributed by atoms with van der Waals surface area (Å²) in [7, 11) is 1.63. The van der Waals surface area contributed by atoms with Gasteiger partial charge in [0.05, 0.1) is 0 Å². The number of methoxy groups -OCH3 is 1. The van der Waals surface area contributed by atoms with Gasteiger partial charge in [0.15, 0.2) is 0 Å². The van der Waals surface area contributed by atoms with Crippen molar-refractivity contribution in [2.45, 2.75) is 44.8 Å². The van der Waals surface area contributed by atoms with Crippen molar-refractivity contribution in [3.05, 3.63) is 0 Å². The second kappa shape index (κ2) is 4.94. The van der Waals surface area contributed by atoms with Crippen molar-refractivity contribution in [3.63, 3.8) is 0 Å². The van der Waals surface area contributed by atoms with E-state index in [0.717, 1.165) is 26.1 Å². The van der Waals surface area contributed by atoms with Gasteiger partial charge >= 0.3 is 0 Å². The molecule has 2 aliphatic rings.